The van der Waals surface area contributed by atoms with Crippen molar-refractivity contribution in [2.45, 2.75) is 39.2 Å². The third-order valence-corrected chi connectivity index (χ3v) is 4.00. The average molecular weight is 246 g/mol. The summed E-state index contributed by atoms with van der Waals surface area (Å²) in [6, 6.07) is 6.57. The normalized spacial score (nSPS) is 19.9. The molecule has 1 unspecified atom stereocenters. The van der Waals surface area contributed by atoms with E-state index in [9.17, 15) is 4.79 Å². The fourth-order valence-corrected chi connectivity index (χ4v) is 2.81. The van der Waals surface area contributed by atoms with Crippen LogP contribution in [0.15, 0.2) is 18.2 Å². The van der Waals surface area contributed by atoms with E-state index >= 15 is 0 Å². The molecule has 1 amide bonds. The quantitative estimate of drug-likeness (QED) is 0.870. The van der Waals surface area contributed by atoms with E-state index in [2.05, 4.69) is 32.0 Å². The minimum absolute atomic E-state index is 0.0700. The fraction of sp³-hybridized carbons (Fsp3) is 0.533. The molecule has 2 rings (SSSR count). The van der Waals surface area contributed by atoms with Crippen LogP contribution in [0.4, 0.5) is 0 Å². The Morgan fingerprint density at radius 2 is 2.17 bits per heavy atom. The van der Waals surface area contributed by atoms with Crippen LogP contribution in [0.1, 0.15) is 42.0 Å². The molecular formula is C15H22N2O. The van der Waals surface area contributed by atoms with Crippen molar-refractivity contribution in [2.75, 3.05) is 13.1 Å². The Kier molecular flexibility index (Phi) is 4.02. The third-order valence-electron chi connectivity index (χ3n) is 4.00. The smallest absolute Gasteiger partial charge is 0.236 e. The molecule has 0 spiro atoms. The first-order chi connectivity index (χ1) is 8.65. The molecule has 98 valence electrons. The molecule has 18 heavy (non-hydrogen) atoms. The second kappa shape index (κ2) is 5.53. The standard InChI is InChI=1S/C15H22N2O/c1-11-6-5-7-13(12(11)2)14-8-3-4-9-17(14)15(18)10-16/h5-7,14H,3-4,8-10,16H2,1-2H3. The van der Waals surface area contributed by atoms with Crippen LogP contribution in [0.5, 0.6) is 0 Å². The summed E-state index contributed by atoms with van der Waals surface area (Å²) >= 11 is 0. The summed E-state index contributed by atoms with van der Waals surface area (Å²) in [5.41, 5.74) is 9.40. The van der Waals surface area contributed by atoms with Gasteiger partial charge in [-0.3, -0.25) is 4.79 Å². The van der Waals surface area contributed by atoms with Crippen molar-refractivity contribution >= 4 is 5.91 Å². The Labute approximate surface area is 109 Å². The number of carbonyl (C=O) groups is 1. The Hall–Kier alpha value is -1.35. The summed E-state index contributed by atoms with van der Waals surface area (Å²) in [4.78, 5) is 13.9. The maximum absolute atomic E-state index is 11.9. The zero-order valence-corrected chi connectivity index (χ0v) is 11.3. The van der Waals surface area contributed by atoms with Gasteiger partial charge in [-0.15, -0.1) is 0 Å². The van der Waals surface area contributed by atoms with Crippen molar-refractivity contribution in [3.63, 3.8) is 0 Å². The highest BCUT2D eigenvalue weighted by atomic mass is 16.2. The molecule has 1 aliphatic rings. The van der Waals surface area contributed by atoms with Crippen molar-refractivity contribution in [3.8, 4) is 0 Å². The predicted molar refractivity (Wildman–Crippen MR) is 73.3 cm³/mol. The third kappa shape index (κ3) is 2.41. The molecule has 0 aromatic heterocycles. The van der Waals surface area contributed by atoms with Crippen LogP contribution in [-0.4, -0.2) is 23.9 Å². The van der Waals surface area contributed by atoms with Gasteiger partial charge in [0, 0.05) is 6.54 Å². The maximum atomic E-state index is 11.9. The van der Waals surface area contributed by atoms with Crippen LogP contribution in [0.25, 0.3) is 0 Å². The number of piperidine rings is 1. The first kappa shape index (κ1) is 13.1. The number of benzene rings is 1. The summed E-state index contributed by atoms with van der Waals surface area (Å²) in [7, 11) is 0. The summed E-state index contributed by atoms with van der Waals surface area (Å²) in [6.45, 7) is 5.22. The summed E-state index contributed by atoms with van der Waals surface area (Å²) in [6.07, 6.45) is 3.33. The van der Waals surface area contributed by atoms with Gasteiger partial charge in [0.05, 0.1) is 12.6 Å². The largest absolute Gasteiger partial charge is 0.335 e. The molecule has 3 heteroatoms. The van der Waals surface area contributed by atoms with Crippen molar-refractivity contribution in [1.29, 1.82) is 0 Å². The number of amides is 1. The van der Waals surface area contributed by atoms with E-state index in [0.29, 0.717) is 0 Å². The van der Waals surface area contributed by atoms with Crippen molar-refractivity contribution in [3.05, 3.63) is 34.9 Å². The Morgan fingerprint density at radius 3 is 2.89 bits per heavy atom. The lowest BCUT2D eigenvalue weighted by Crippen LogP contribution is -2.42. The summed E-state index contributed by atoms with van der Waals surface area (Å²) in [5, 5.41) is 0. The van der Waals surface area contributed by atoms with Gasteiger partial charge in [0.25, 0.3) is 0 Å². The first-order valence-corrected chi connectivity index (χ1v) is 6.70. The van der Waals surface area contributed by atoms with E-state index in [0.717, 1.165) is 19.4 Å². The van der Waals surface area contributed by atoms with Gasteiger partial charge in [-0.2, -0.15) is 0 Å². The lowest BCUT2D eigenvalue weighted by atomic mass is 9.90. The Morgan fingerprint density at radius 1 is 1.39 bits per heavy atom. The fourth-order valence-electron chi connectivity index (χ4n) is 2.81. The van der Waals surface area contributed by atoms with Gasteiger partial charge in [-0.1, -0.05) is 18.2 Å². The summed E-state index contributed by atoms with van der Waals surface area (Å²) < 4.78 is 0. The molecule has 1 aliphatic heterocycles. The highest BCUT2D eigenvalue weighted by molar-refractivity contribution is 5.78. The molecule has 0 bridgehead atoms. The molecular weight excluding hydrogens is 224 g/mol. The molecule has 0 saturated carbocycles. The van der Waals surface area contributed by atoms with Gasteiger partial charge in [0.15, 0.2) is 0 Å². The van der Waals surface area contributed by atoms with Gasteiger partial charge < -0.3 is 10.6 Å². The second-order valence-corrected chi connectivity index (χ2v) is 5.09. The van der Waals surface area contributed by atoms with E-state index in [4.69, 9.17) is 5.73 Å². The number of nitrogens with zero attached hydrogens (tertiary/aromatic N) is 1. The lowest BCUT2D eigenvalue weighted by molar-refractivity contribution is -0.133. The van der Waals surface area contributed by atoms with E-state index in [1.165, 1.54) is 23.1 Å². The van der Waals surface area contributed by atoms with Gasteiger partial charge in [-0.25, -0.2) is 0 Å². The molecule has 0 aliphatic carbocycles. The molecule has 1 heterocycles. The Bertz CT molecular complexity index is 442. The highest BCUT2D eigenvalue weighted by Crippen LogP contribution is 2.33. The van der Waals surface area contributed by atoms with Gasteiger partial charge in [0.2, 0.25) is 5.91 Å². The average Bonchev–Trinajstić information content (AvgIpc) is 2.41. The van der Waals surface area contributed by atoms with Crippen LogP contribution in [-0.2, 0) is 4.79 Å². The highest BCUT2D eigenvalue weighted by Gasteiger charge is 2.28. The SMILES string of the molecule is Cc1cccc(C2CCCCN2C(=O)CN)c1C. The van der Waals surface area contributed by atoms with Crippen LogP contribution in [0, 0.1) is 13.8 Å². The number of carbonyl (C=O) groups excluding carboxylic acids is 1. The topological polar surface area (TPSA) is 46.3 Å². The Balaban J connectivity index is 2.34. The van der Waals surface area contributed by atoms with Gasteiger partial charge in [0.1, 0.15) is 0 Å². The van der Waals surface area contributed by atoms with E-state index in [1.807, 2.05) is 4.90 Å². The number of hydrogen-bond donors (Lipinski definition) is 1. The zero-order chi connectivity index (χ0) is 13.1. The molecule has 1 aromatic rings. The maximum Gasteiger partial charge on any atom is 0.236 e. The van der Waals surface area contributed by atoms with Crippen LogP contribution >= 0.6 is 0 Å². The van der Waals surface area contributed by atoms with Crippen LogP contribution < -0.4 is 5.73 Å². The number of nitrogens with two attached hydrogens (primary N) is 1. The lowest BCUT2D eigenvalue weighted by Gasteiger charge is -2.37. The van der Waals surface area contributed by atoms with E-state index < -0.39 is 0 Å². The molecule has 1 saturated heterocycles. The van der Waals surface area contributed by atoms with Crippen LogP contribution in [0.3, 0.4) is 0 Å². The minimum atomic E-state index is 0.0700. The summed E-state index contributed by atoms with van der Waals surface area (Å²) in [5.74, 6) is 0.0700. The monoisotopic (exact) mass is 246 g/mol. The second-order valence-electron chi connectivity index (χ2n) is 5.09. The molecule has 1 atom stereocenters. The van der Waals surface area contributed by atoms with Gasteiger partial charge in [-0.05, 0) is 49.8 Å². The molecule has 0 radical (unpaired) electrons. The number of hydrogen-bond acceptors (Lipinski definition) is 2. The van der Waals surface area contributed by atoms with Gasteiger partial charge >= 0.3 is 0 Å². The van der Waals surface area contributed by atoms with E-state index in [-0.39, 0.29) is 18.5 Å². The zero-order valence-electron chi connectivity index (χ0n) is 11.3. The molecule has 3 nitrogen and oxygen atoms in total. The predicted octanol–water partition coefficient (Wildman–Crippen LogP) is 2.32. The van der Waals surface area contributed by atoms with E-state index in [1.54, 1.807) is 0 Å². The first-order valence-electron chi connectivity index (χ1n) is 6.70. The molecule has 1 aromatic carbocycles. The number of rotatable bonds is 2. The number of likely N-dealkylation sites (tertiary alicyclic amines) is 1. The van der Waals surface area contributed by atoms with Crippen molar-refractivity contribution < 1.29 is 4.79 Å². The minimum Gasteiger partial charge on any atom is -0.335 e. The van der Waals surface area contributed by atoms with Crippen molar-refractivity contribution in [2.24, 2.45) is 5.73 Å². The molecule has 1 fully saturated rings. The number of aryl methyl sites for hydroxylation is 1. The van der Waals surface area contributed by atoms with Crippen LogP contribution in [0.2, 0.25) is 0 Å². The molecule has 2 N–H and O–H groups in total. The van der Waals surface area contributed by atoms with Crippen molar-refractivity contribution in [1.82, 2.24) is 4.90 Å².